The molecule has 2 heterocycles. The SMILES string of the molecule is O=C(O)c1cc(Cl)ccc1Nc1c(C2=CCNC2)cnc2ccc(Cl)cc12. The Morgan fingerprint density at radius 1 is 1.15 bits per heavy atom. The van der Waals surface area contributed by atoms with Crippen molar-refractivity contribution in [1.82, 2.24) is 10.3 Å². The van der Waals surface area contributed by atoms with Crippen LogP contribution >= 0.6 is 23.2 Å². The predicted octanol–water partition coefficient (Wildman–Crippen LogP) is 4.97. The number of hydrogen-bond donors (Lipinski definition) is 3. The summed E-state index contributed by atoms with van der Waals surface area (Å²) in [5.41, 5.74) is 4.08. The zero-order chi connectivity index (χ0) is 19.0. The van der Waals surface area contributed by atoms with Crippen LogP contribution in [0.15, 0.2) is 48.7 Å². The summed E-state index contributed by atoms with van der Waals surface area (Å²) in [4.78, 5) is 16.2. The number of halogens is 2. The molecule has 0 saturated heterocycles. The van der Waals surface area contributed by atoms with Gasteiger partial charge in [-0.2, -0.15) is 0 Å². The van der Waals surface area contributed by atoms with Crippen LogP contribution in [-0.2, 0) is 0 Å². The van der Waals surface area contributed by atoms with E-state index in [9.17, 15) is 9.90 Å². The number of anilines is 2. The molecule has 1 aromatic heterocycles. The second kappa shape index (κ2) is 7.19. The number of aromatic carboxylic acids is 1. The monoisotopic (exact) mass is 399 g/mol. The molecule has 3 N–H and O–H groups in total. The first kappa shape index (κ1) is 17.8. The number of pyridine rings is 1. The van der Waals surface area contributed by atoms with Crippen LogP contribution in [-0.4, -0.2) is 29.1 Å². The lowest BCUT2D eigenvalue weighted by molar-refractivity contribution is 0.0698. The van der Waals surface area contributed by atoms with E-state index in [1.165, 1.54) is 6.07 Å². The van der Waals surface area contributed by atoms with Gasteiger partial charge < -0.3 is 15.7 Å². The molecule has 0 unspecified atom stereocenters. The molecule has 1 aliphatic rings. The second-order valence-electron chi connectivity index (χ2n) is 6.19. The molecule has 7 heteroatoms. The number of aromatic nitrogens is 1. The minimum atomic E-state index is -1.06. The Hall–Kier alpha value is -2.60. The van der Waals surface area contributed by atoms with Crippen molar-refractivity contribution in [2.45, 2.75) is 0 Å². The van der Waals surface area contributed by atoms with Gasteiger partial charge in [0.1, 0.15) is 0 Å². The highest BCUT2D eigenvalue weighted by molar-refractivity contribution is 6.31. The average molecular weight is 400 g/mol. The maximum Gasteiger partial charge on any atom is 0.337 e. The van der Waals surface area contributed by atoms with Gasteiger partial charge in [-0.05, 0) is 42.0 Å². The Bertz CT molecular complexity index is 1100. The number of carboxylic acid groups (broad SMARTS) is 1. The van der Waals surface area contributed by atoms with Crippen LogP contribution in [0.5, 0.6) is 0 Å². The van der Waals surface area contributed by atoms with Gasteiger partial charge in [0, 0.05) is 40.3 Å². The molecule has 2 aromatic carbocycles. The molecule has 0 aliphatic carbocycles. The predicted molar refractivity (Wildman–Crippen MR) is 109 cm³/mol. The molecule has 0 radical (unpaired) electrons. The van der Waals surface area contributed by atoms with Crippen molar-refractivity contribution in [3.05, 3.63) is 69.8 Å². The van der Waals surface area contributed by atoms with Crippen LogP contribution in [0.3, 0.4) is 0 Å². The zero-order valence-electron chi connectivity index (χ0n) is 14.1. The number of rotatable bonds is 4. The Kier molecular flexibility index (Phi) is 4.74. The van der Waals surface area contributed by atoms with E-state index in [4.69, 9.17) is 23.2 Å². The lowest BCUT2D eigenvalue weighted by Crippen LogP contribution is -2.09. The standard InChI is InChI=1S/C20H15Cl2N3O2/c21-12-1-3-17-14(7-12)19(16(10-24-17)11-5-6-23-9-11)25-18-4-2-13(22)8-15(18)20(26)27/h1-5,7-8,10,23H,6,9H2,(H,24,25)(H,26,27). The summed E-state index contributed by atoms with van der Waals surface area (Å²) in [5.74, 6) is -1.06. The molecular weight excluding hydrogens is 385 g/mol. The summed E-state index contributed by atoms with van der Waals surface area (Å²) >= 11 is 12.2. The van der Waals surface area contributed by atoms with E-state index >= 15 is 0 Å². The van der Waals surface area contributed by atoms with Gasteiger partial charge in [0.25, 0.3) is 0 Å². The highest BCUT2D eigenvalue weighted by Crippen LogP contribution is 2.36. The van der Waals surface area contributed by atoms with Crippen LogP contribution in [0.25, 0.3) is 16.5 Å². The van der Waals surface area contributed by atoms with Crippen LogP contribution in [0, 0.1) is 0 Å². The highest BCUT2D eigenvalue weighted by atomic mass is 35.5. The van der Waals surface area contributed by atoms with Crippen molar-refractivity contribution in [1.29, 1.82) is 0 Å². The third-order valence-corrected chi connectivity index (χ3v) is 4.93. The molecule has 0 atom stereocenters. The summed E-state index contributed by atoms with van der Waals surface area (Å²) in [6.07, 6.45) is 3.90. The van der Waals surface area contributed by atoms with Crippen molar-refractivity contribution >= 4 is 57.0 Å². The molecule has 0 saturated carbocycles. The van der Waals surface area contributed by atoms with Crippen molar-refractivity contribution in [3.8, 4) is 0 Å². The summed E-state index contributed by atoms with van der Waals surface area (Å²) in [6, 6.07) is 10.2. The molecule has 0 bridgehead atoms. The fourth-order valence-electron chi connectivity index (χ4n) is 3.16. The molecule has 136 valence electrons. The van der Waals surface area contributed by atoms with E-state index in [1.807, 2.05) is 12.1 Å². The molecule has 0 amide bonds. The second-order valence-corrected chi connectivity index (χ2v) is 7.06. The lowest BCUT2D eigenvalue weighted by atomic mass is 10.0. The molecule has 5 nitrogen and oxygen atoms in total. The summed E-state index contributed by atoms with van der Waals surface area (Å²) in [7, 11) is 0. The molecule has 3 aromatic rings. The average Bonchev–Trinajstić information content (AvgIpc) is 3.17. The van der Waals surface area contributed by atoms with E-state index in [-0.39, 0.29) is 5.56 Å². The quantitative estimate of drug-likeness (QED) is 0.577. The molecule has 1 aliphatic heterocycles. The van der Waals surface area contributed by atoms with Gasteiger partial charge in [0.15, 0.2) is 0 Å². The van der Waals surface area contributed by atoms with Gasteiger partial charge in [0.2, 0.25) is 0 Å². The Labute approximate surface area is 165 Å². The first-order valence-electron chi connectivity index (χ1n) is 8.31. The largest absolute Gasteiger partial charge is 0.478 e. The number of benzene rings is 2. The van der Waals surface area contributed by atoms with Crippen molar-refractivity contribution in [2.75, 3.05) is 18.4 Å². The number of nitrogens with zero attached hydrogens (tertiary/aromatic N) is 1. The van der Waals surface area contributed by atoms with E-state index < -0.39 is 5.97 Å². The molecule has 27 heavy (non-hydrogen) atoms. The number of fused-ring (bicyclic) bond motifs is 1. The van der Waals surface area contributed by atoms with E-state index in [0.717, 1.165) is 40.8 Å². The van der Waals surface area contributed by atoms with Gasteiger partial charge in [-0.3, -0.25) is 4.98 Å². The summed E-state index contributed by atoms with van der Waals surface area (Å²) in [6.45, 7) is 1.50. The third-order valence-electron chi connectivity index (χ3n) is 4.46. The van der Waals surface area contributed by atoms with E-state index in [1.54, 1.807) is 24.4 Å². The normalized spacial score (nSPS) is 13.6. The fraction of sp³-hybridized carbons (Fsp3) is 0.100. The van der Waals surface area contributed by atoms with Gasteiger partial charge in [-0.1, -0.05) is 29.3 Å². The number of carboxylic acids is 1. The smallest absolute Gasteiger partial charge is 0.337 e. The minimum absolute atomic E-state index is 0.0963. The number of hydrogen-bond acceptors (Lipinski definition) is 4. The van der Waals surface area contributed by atoms with Crippen LogP contribution in [0.2, 0.25) is 10.0 Å². The Morgan fingerprint density at radius 2 is 1.93 bits per heavy atom. The molecular formula is C20H15Cl2N3O2. The van der Waals surface area contributed by atoms with Crippen LogP contribution in [0.4, 0.5) is 11.4 Å². The van der Waals surface area contributed by atoms with E-state index in [2.05, 4.69) is 21.7 Å². The van der Waals surface area contributed by atoms with Crippen molar-refractivity contribution in [3.63, 3.8) is 0 Å². The van der Waals surface area contributed by atoms with Crippen molar-refractivity contribution in [2.24, 2.45) is 0 Å². The summed E-state index contributed by atoms with van der Waals surface area (Å²) < 4.78 is 0. The number of nitrogens with one attached hydrogen (secondary N) is 2. The maximum atomic E-state index is 11.7. The van der Waals surface area contributed by atoms with Crippen LogP contribution < -0.4 is 10.6 Å². The van der Waals surface area contributed by atoms with Gasteiger partial charge >= 0.3 is 5.97 Å². The topological polar surface area (TPSA) is 74.2 Å². The van der Waals surface area contributed by atoms with Gasteiger partial charge in [-0.15, -0.1) is 0 Å². The Morgan fingerprint density at radius 3 is 2.67 bits per heavy atom. The van der Waals surface area contributed by atoms with Crippen molar-refractivity contribution < 1.29 is 9.90 Å². The first-order chi connectivity index (χ1) is 13.0. The Balaban J connectivity index is 1.93. The van der Waals surface area contributed by atoms with Gasteiger partial charge in [-0.25, -0.2) is 4.79 Å². The van der Waals surface area contributed by atoms with E-state index in [0.29, 0.717) is 15.7 Å². The zero-order valence-corrected chi connectivity index (χ0v) is 15.6. The van der Waals surface area contributed by atoms with Gasteiger partial charge in [0.05, 0.1) is 22.5 Å². The highest BCUT2D eigenvalue weighted by Gasteiger charge is 2.18. The minimum Gasteiger partial charge on any atom is -0.478 e. The molecule has 4 rings (SSSR count). The van der Waals surface area contributed by atoms with Crippen LogP contribution in [0.1, 0.15) is 15.9 Å². The molecule has 0 fully saturated rings. The fourth-order valence-corrected chi connectivity index (χ4v) is 3.50. The first-order valence-corrected chi connectivity index (χ1v) is 9.07. The maximum absolute atomic E-state index is 11.7. The lowest BCUT2D eigenvalue weighted by Gasteiger charge is -2.17. The summed E-state index contributed by atoms with van der Waals surface area (Å²) in [5, 5.41) is 17.9. The third kappa shape index (κ3) is 3.49. The molecule has 0 spiro atoms. The number of carbonyl (C=O) groups is 1.